The molecule has 2 aliphatic carbocycles. The van der Waals surface area contributed by atoms with Crippen LogP contribution in [0.3, 0.4) is 0 Å². The second-order valence-corrected chi connectivity index (χ2v) is 13.1. The summed E-state index contributed by atoms with van der Waals surface area (Å²) in [6, 6.07) is 34.9. The standard InChI is InChI=1S/C40H44N2O/c1-29-26-34(30-16-6-2-7-17-30)27-35(31-18-8-3-9-19-31)38(29)42-28-41(36-24-14-15-25-37(36)43)39(32-20-10-4-11-21-32)40(42)33-22-12-5-13-23-33/h4-5,10-15,20-28,30-31,39-40H,2-3,6-9,16-19H2,1H3/p+1/t39-,40-/m0/s1. The van der Waals surface area contributed by atoms with Gasteiger partial charge in [0.1, 0.15) is 5.69 Å². The van der Waals surface area contributed by atoms with Crippen molar-refractivity contribution in [3.63, 3.8) is 0 Å². The van der Waals surface area contributed by atoms with Gasteiger partial charge in [-0.3, -0.25) is 0 Å². The van der Waals surface area contributed by atoms with Gasteiger partial charge in [-0.15, -0.1) is 0 Å². The maximum absolute atomic E-state index is 11.2. The van der Waals surface area contributed by atoms with E-state index in [0.717, 1.165) is 5.69 Å². The zero-order valence-electron chi connectivity index (χ0n) is 25.5. The van der Waals surface area contributed by atoms with Crippen LogP contribution in [0.5, 0.6) is 5.75 Å². The third kappa shape index (κ3) is 5.51. The quantitative estimate of drug-likeness (QED) is 0.234. The van der Waals surface area contributed by atoms with Crippen LogP contribution in [0.1, 0.15) is 116 Å². The second kappa shape index (κ2) is 12.4. The van der Waals surface area contributed by atoms with Crippen LogP contribution in [0.25, 0.3) is 0 Å². The molecule has 43 heavy (non-hydrogen) atoms. The van der Waals surface area contributed by atoms with Crippen LogP contribution < -0.4 is 4.90 Å². The number of anilines is 1. The van der Waals surface area contributed by atoms with Gasteiger partial charge < -0.3 is 5.11 Å². The summed E-state index contributed by atoms with van der Waals surface area (Å²) in [6.07, 6.45) is 15.6. The highest BCUT2D eigenvalue weighted by molar-refractivity contribution is 5.83. The van der Waals surface area contributed by atoms with E-state index in [1.807, 2.05) is 18.2 Å². The fraction of sp³-hybridized carbons (Fsp3) is 0.375. The van der Waals surface area contributed by atoms with Gasteiger partial charge in [0, 0.05) is 16.7 Å². The first-order valence-corrected chi connectivity index (χ1v) is 16.6. The second-order valence-electron chi connectivity index (χ2n) is 13.1. The molecule has 3 aliphatic rings. The van der Waals surface area contributed by atoms with Crippen molar-refractivity contribution in [2.24, 2.45) is 0 Å². The minimum atomic E-state index is -0.00599. The molecule has 0 saturated heterocycles. The molecule has 0 aromatic heterocycles. The minimum Gasteiger partial charge on any atom is -0.504 e. The molecule has 0 bridgehead atoms. The highest BCUT2D eigenvalue weighted by Crippen LogP contribution is 2.50. The largest absolute Gasteiger partial charge is 0.504 e. The van der Waals surface area contributed by atoms with Crippen molar-refractivity contribution < 1.29 is 9.68 Å². The molecule has 2 fully saturated rings. The zero-order chi connectivity index (χ0) is 29.2. The first kappa shape index (κ1) is 28.0. The predicted molar refractivity (Wildman–Crippen MR) is 178 cm³/mol. The molecule has 1 N–H and O–H groups in total. The number of hydrogen-bond donors (Lipinski definition) is 1. The number of aromatic hydroxyl groups is 1. The van der Waals surface area contributed by atoms with E-state index in [1.54, 1.807) is 11.1 Å². The number of benzene rings is 4. The Balaban J connectivity index is 1.45. The van der Waals surface area contributed by atoms with E-state index in [4.69, 9.17) is 0 Å². The molecule has 220 valence electrons. The Hall–Kier alpha value is -3.85. The van der Waals surface area contributed by atoms with Crippen LogP contribution in [0.4, 0.5) is 11.4 Å². The predicted octanol–water partition coefficient (Wildman–Crippen LogP) is 10.5. The molecule has 0 radical (unpaired) electrons. The molecule has 3 heteroatoms. The molecule has 7 rings (SSSR count). The number of nitrogens with zero attached hydrogens (tertiary/aromatic N) is 2. The van der Waals surface area contributed by atoms with Crippen molar-refractivity contribution in [3.05, 3.63) is 125 Å². The Kier molecular flexibility index (Phi) is 8.06. The molecule has 4 aromatic carbocycles. The van der Waals surface area contributed by atoms with Crippen LogP contribution in [-0.4, -0.2) is 16.0 Å². The molecule has 3 nitrogen and oxygen atoms in total. The van der Waals surface area contributed by atoms with Crippen molar-refractivity contribution in [1.82, 2.24) is 0 Å². The Morgan fingerprint density at radius 1 is 0.628 bits per heavy atom. The highest BCUT2D eigenvalue weighted by Gasteiger charge is 2.47. The van der Waals surface area contributed by atoms with Gasteiger partial charge in [0.25, 0.3) is 0 Å². The van der Waals surface area contributed by atoms with E-state index in [9.17, 15) is 5.11 Å². The maximum Gasteiger partial charge on any atom is 0.245 e. The van der Waals surface area contributed by atoms with Crippen molar-refractivity contribution in [1.29, 1.82) is 0 Å². The van der Waals surface area contributed by atoms with E-state index in [-0.39, 0.29) is 12.1 Å². The van der Waals surface area contributed by atoms with E-state index >= 15 is 0 Å². The Labute approximate surface area is 257 Å². The smallest absolute Gasteiger partial charge is 0.245 e. The number of para-hydroxylation sites is 2. The summed E-state index contributed by atoms with van der Waals surface area (Å²) in [5.74, 6) is 1.58. The van der Waals surface area contributed by atoms with Crippen LogP contribution >= 0.6 is 0 Å². The minimum absolute atomic E-state index is 0.00599. The van der Waals surface area contributed by atoms with Gasteiger partial charge >= 0.3 is 0 Å². The monoisotopic (exact) mass is 569 g/mol. The van der Waals surface area contributed by atoms with Gasteiger partial charge in [-0.2, -0.15) is 0 Å². The summed E-state index contributed by atoms with van der Waals surface area (Å²) in [5.41, 5.74) is 9.24. The van der Waals surface area contributed by atoms with Crippen LogP contribution in [0, 0.1) is 6.92 Å². The normalized spacial score (nSPS) is 21.6. The number of phenols is 1. The lowest BCUT2D eigenvalue weighted by molar-refractivity contribution is -0.482. The molecule has 1 aliphatic heterocycles. The number of aryl methyl sites for hydroxylation is 1. The Morgan fingerprint density at radius 2 is 1.21 bits per heavy atom. The lowest BCUT2D eigenvalue weighted by Crippen LogP contribution is -2.26. The first-order valence-electron chi connectivity index (χ1n) is 16.6. The van der Waals surface area contributed by atoms with Gasteiger partial charge in [-0.25, -0.2) is 9.48 Å². The lowest BCUT2D eigenvalue weighted by atomic mass is 9.78. The van der Waals surface area contributed by atoms with E-state index in [0.29, 0.717) is 17.6 Å². The van der Waals surface area contributed by atoms with E-state index in [2.05, 4.69) is 102 Å². The number of rotatable bonds is 6. The molecular weight excluding hydrogens is 524 g/mol. The Morgan fingerprint density at radius 3 is 1.86 bits per heavy atom. The average molecular weight is 570 g/mol. The SMILES string of the molecule is Cc1cc(C2CCCCC2)cc(C2CCCCC2)c1[N+]1=CN(c2ccccc2O)[C@@H](c2ccccc2)[C@@H]1c1ccccc1. The molecule has 0 unspecified atom stereocenters. The van der Waals surface area contributed by atoms with Crippen molar-refractivity contribution in [2.45, 2.75) is 95.1 Å². The molecule has 0 spiro atoms. The average Bonchev–Trinajstić information content (AvgIpc) is 3.46. The number of phenolic OH excluding ortho intramolecular Hbond substituents is 1. The molecule has 0 amide bonds. The summed E-state index contributed by atoms with van der Waals surface area (Å²) in [4.78, 5) is 2.32. The Bertz CT molecular complexity index is 1570. The summed E-state index contributed by atoms with van der Waals surface area (Å²) < 4.78 is 2.57. The third-order valence-corrected chi connectivity index (χ3v) is 10.3. The number of hydrogen-bond acceptors (Lipinski definition) is 2. The van der Waals surface area contributed by atoms with Crippen molar-refractivity contribution in [2.75, 3.05) is 4.90 Å². The van der Waals surface area contributed by atoms with Gasteiger partial charge in [-0.1, -0.05) is 123 Å². The van der Waals surface area contributed by atoms with Crippen molar-refractivity contribution in [3.8, 4) is 5.75 Å². The van der Waals surface area contributed by atoms with Crippen LogP contribution in [0.2, 0.25) is 0 Å². The van der Waals surface area contributed by atoms with Crippen molar-refractivity contribution >= 4 is 17.7 Å². The van der Waals surface area contributed by atoms with Gasteiger partial charge in [0.05, 0.1) is 0 Å². The maximum atomic E-state index is 11.2. The van der Waals surface area contributed by atoms with E-state index in [1.165, 1.54) is 86.6 Å². The van der Waals surface area contributed by atoms with Crippen LogP contribution in [-0.2, 0) is 0 Å². The molecule has 2 atom stereocenters. The molecule has 1 heterocycles. The fourth-order valence-corrected chi connectivity index (χ4v) is 8.24. The summed E-state index contributed by atoms with van der Waals surface area (Å²) in [6.45, 7) is 2.35. The molecule has 2 saturated carbocycles. The zero-order valence-corrected chi connectivity index (χ0v) is 25.5. The lowest BCUT2D eigenvalue weighted by Gasteiger charge is -2.30. The molecular formula is C40H45N2O+. The summed E-state index contributed by atoms with van der Waals surface area (Å²) in [5, 5.41) is 11.2. The van der Waals surface area contributed by atoms with Gasteiger partial charge in [-0.05, 0) is 67.7 Å². The molecule has 4 aromatic rings. The summed E-state index contributed by atoms with van der Waals surface area (Å²) in [7, 11) is 0. The highest BCUT2D eigenvalue weighted by atomic mass is 16.3. The third-order valence-electron chi connectivity index (χ3n) is 10.3. The fourth-order valence-electron chi connectivity index (χ4n) is 8.24. The first-order chi connectivity index (χ1) is 21.2. The van der Waals surface area contributed by atoms with E-state index < -0.39 is 0 Å². The summed E-state index contributed by atoms with van der Waals surface area (Å²) >= 11 is 0. The van der Waals surface area contributed by atoms with Crippen LogP contribution in [0.15, 0.2) is 97.1 Å². The van der Waals surface area contributed by atoms with Gasteiger partial charge in [0.15, 0.2) is 23.5 Å². The van der Waals surface area contributed by atoms with Gasteiger partial charge in [0.2, 0.25) is 6.34 Å². The topological polar surface area (TPSA) is 26.5 Å².